The number of likely N-dealkylation sites (N-methyl/N-ethyl adjacent to an activating group) is 1. The van der Waals surface area contributed by atoms with Crippen LogP contribution in [0.2, 0.25) is 0 Å². The van der Waals surface area contributed by atoms with Crippen molar-refractivity contribution in [2.24, 2.45) is 0 Å². The lowest BCUT2D eigenvalue weighted by atomic mass is 10.2. The maximum absolute atomic E-state index is 13.3. The smallest absolute Gasteiger partial charge is 0.254 e. The molecule has 1 rings (SSSR count). The van der Waals surface area contributed by atoms with Crippen LogP contribution in [-0.2, 0) is 0 Å². The average molecular weight is 252 g/mol. The van der Waals surface area contributed by atoms with Gasteiger partial charge in [0.15, 0.2) is 0 Å². The number of carbonyl (C=O) groups excluding carboxylic acids is 1. The molecule has 1 aromatic rings. The number of benzene rings is 1. The minimum absolute atomic E-state index is 0.107. The highest BCUT2D eigenvalue weighted by molar-refractivity contribution is 5.94. The zero-order valence-electron chi connectivity index (χ0n) is 11.1. The first-order valence-corrected chi connectivity index (χ1v) is 6.44. The summed E-state index contributed by atoms with van der Waals surface area (Å²) in [6.07, 6.45) is 1.09. The summed E-state index contributed by atoms with van der Waals surface area (Å²) >= 11 is 0. The Morgan fingerprint density at radius 2 is 2.00 bits per heavy atom. The van der Waals surface area contributed by atoms with Gasteiger partial charge in [0.2, 0.25) is 0 Å². The first-order chi connectivity index (χ1) is 8.69. The molecule has 18 heavy (non-hydrogen) atoms. The van der Waals surface area contributed by atoms with Gasteiger partial charge in [-0.2, -0.15) is 0 Å². The van der Waals surface area contributed by atoms with Crippen LogP contribution in [0, 0.1) is 5.82 Å². The number of amides is 1. The second kappa shape index (κ2) is 7.82. The summed E-state index contributed by atoms with van der Waals surface area (Å²) in [4.78, 5) is 14.0. The number of nitrogens with zero attached hydrogens (tertiary/aromatic N) is 1. The summed E-state index contributed by atoms with van der Waals surface area (Å²) in [5, 5.41) is 2.74. The van der Waals surface area contributed by atoms with Crippen molar-refractivity contribution in [2.75, 3.05) is 26.2 Å². The predicted molar refractivity (Wildman–Crippen MR) is 71.1 cm³/mol. The van der Waals surface area contributed by atoms with Crippen LogP contribution >= 0.6 is 0 Å². The Labute approximate surface area is 108 Å². The van der Waals surface area contributed by atoms with Gasteiger partial charge in [-0.1, -0.05) is 26.0 Å². The molecule has 0 fully saturated rings. The predicted octanol–water partition coefficient (Wildman–Crippen LogP) is 2.29. The minimum Gasteiger partial charge on any atom is -0.351 e. The molecule has 0 saturated heterocycles. The van der Waals surface area contributed by atoms with Crippen molar-refractivity contribution < 1.29 is 9.18 Å². The molecule has 0 bridgehead atoms. The van der Waals surface area contributed by atoms with E-state index < -0.39 is 5.82 Å². The monoisotopic (exact) mass is 252 g/mol. The number of nitrogens with one attached hydrogen (secondary N) is 1. The maximum atomic E-state index is 13.3. The van der Waals surface area contributed by atoms with E-state index in [2.05, 4.69) is 24.1 Å². The quantitative estimate of drug-likeness (QED) is 0.807. The summed E-state index contributed by atoms with van der Waals surface area (Å²) in [6.45, 7) is 7.54. The van der Waals surface area contributed by atoms with Gasteiger partial charge in [0.1, 0.15) is 5.82 Å². The first-order valence-electron chi connectivity index (χ1n) is 6.44. The number of hydrogen-bond donors (Lipinski definition) is 1. The number of halogens is 1. The Balaban J connectivity index is 2.40. The molecule has 0 aromatic heterocycles. The zero-order chi connectivity index (χ0) is 13.4. The van der Waals surface area contributed by atoms with E-state index in [1.54, 1.807) is 12.1 Å². The lowest BCUT2D eigenvalue weighted by Crippen LogP contribution is -2.35. The fourth-order valence-electron chi connectivity index (χ4n) is 1.81. The summed E-state index contributed by atoms with van der Waals surface area (Å²) < 4.78 is 13.3. The van der Waals surface area contributed by atoms with Gasteiger partial charge in [0, 0.05) is 13.1 Å². The van der Waals surface area contributed by atoms with Gasteiger partial charge >= 0.3 is 0 Å². The third-order valence-electron chi connectivity index (χ3n) is 2.82. The van der Waals surface area contributed by atoms with E-state index in [0.29, 0.717) is 6.54 Å². The molecule has 0 aliphatic heterocycles. The molecule has 0 spiro atoms. The molecule has 1 aromatic carbocycles. The van der Waals surface area contributed by atoms with E-state index in [1.807, 2.05) is 0 Å². The summed E-state index contributed by atoms with van der Waals surface area (Å²) in [5.41, 5.74) is 0.107. The lowest BCUT2D eigenvalue weighted by Gasteiger charge is -2.19. The van der Waals surface area contributed by atoms with Crippen molar-refractivity contribution in [1.29, 1.82) is 0 Å². The minimum atomic E-state index is -0.476. The van der Waals surface area contributed by atoms with E-state index in [9.17, 15) is 9.18 Å². The van der Waals surface area contributed by atoms with Crippen LogP contribution in [0.3, 0.4) is 0 Å². The highest BCUT2D eigenvalue weighted by Crippen LogP contribution is 2.05. The van der Waals surface area contributed by atoms with Crippen molar-refractivity contribution in [2.45, 2.75) is 20.3 Å². The van der Waals surface area contributed by atoms with Gasteiger partial charge in [-0.25, -0.2) is 4.39 Å². The van der Waals surface area contributed by atoms with E-state index in [-0.39, 0.29) is 11.5 Å². The fraction of sp³-hybridized carbons (Fsp3) is 0.500. The average Bonchev–Trinajstić information content (AvgIpc) is 2.38. The second-order valence-electron chi connectivity index (χ2n) is 4.17. The number of carbonyl (C=O) groups is 1. The molecule has 0 atom stereocenters. The Hall–Kier alpha value is -1.42. The molecule has 3 nitrogen and oxygen atoms in total. The van der Waals surface area contributed by atoms with Gasteiger partial charge in [0.05, 0.1) is 5.56 Å². The Morgan fingerprint density at radius 3 is 2.61 bits per heavy atom. The molecule has 100 valence electrons. The van der Waals surface area contributed by atoms with Crippen molar-refractivity contribution in [3.8, 4) is 0 Å². The molecule has 0 heterocycles. The summed E-state index contributed by atoms with van der Waals surface area (Å²) in [5.74, 6) is -0.823. The van der Waals surface area contributed by atoms with Crippen molar-refractivity contribution in [1.82, 2.24) is 10.2 Å². The molecule has 4 heteroatoms. The van der Waals surface area contributed by atoms with E-state index in [4.69, 9.17) is 0 Å². The largest absolute Gasteiger partial charge is 0.351 e. The lowest BCUT2D eigenvalue weighted by molar-refractivity contribution is 0.0944. The van der Waals surface area contributed by atoms with Crippen LogP contribution in [0.15, 0.2) is 24.3 Å². The van der Waals surface area contributed by atoms with Crippen LogP contribution in [0.5, 0.6) is 0 Å². The van der Waals surface area contributed by atoms with Crippen LogP contribution in [-0.4, -0.2) is 37.0 Å². The standard InChI is InChI=1S/C14H21FN2O/c1-3-10-17(4-2)11-9-16-14(18)12-7-5-6-8-13(12)15/h5-8H,3-4,9-11H2,1-2H3,(H,16,18). The Morgan fingerprint density at radius 1 is 1.28 bits per heavy atom. The van der Waals surface area contributed by atoms with Crippen molar-refractivity contribution in [3.63, 3.8) is 0 Å². The first kappa shape index (κ1) is 14.6. The maximum Gasteiger partial charge on any atom is 0.254 e. The molecule has 0 saturated carbocycles. The van der Waals surface area contributed by atoms with Gasteiger partial charge in [-0.3, -0.25) is 4.79 Å². The van der Waals surface area contributed by atoms with Gasteiger partial charge in [-0.15, -0.1) is 0 Å². The summed E-state index contributed by atoms with van der Waals surface area (Å²) in [6, 6.07) is 6.03. The number of rotatable bonds is 7. The highest BCUT2D eigenvalue weighted by Gasteiger charge is 2.10. The Kier molecular flexibility index (Phi) is 6.36. The van der Waals surface area contributed by atoms with Crippen LogP contribution in [0.4, 0.5) is 4.39 Å². The van der Waals surface area contributed by atoms with E-state index in [1.165, 1.54) is 12.1 Å². The summed E-state index contributed by atoms with van der Waals surface area (Å²) in [7, 11) is 0. The molecule has 1 amide bonds. The normalized spacial score (nSPS) is 10.7. The fourth-order valence-corrected chi connectivity index (χ4v) is 1.81. The van der Waals surface area contributed by atoms with Crippen molar-refractivity contribution >= 4 is 5.91 Å². The van der Waals surface area contributed by atoms with Gasteiger partial charge in [0.25, 0.3) is 5.91 Å². The SMILES string of the molecule is CCCN(CC)CCNC(=O)c1ccccc1F. The van der Waals surface area contributed by atoms with E-state index in [0.717, 1.165) is 26.1 Å². The molecule has 0 aliphatic rings. The molecule has 0 unspecified atom stereocenters. The second-order valence-corrected chi connectivity index (χ2v) is 4.17. The molecule has 1 N–H and O–H groups in total. The van der Waals surface area contributed by atoms with E-state index >= 15 is 0 Å². The van der Waals surface area contributed by atoms with Gasteiger partial charge < -0.3 is 10.2 Å². The number of hydrogen-bond acceptors (Lipinski definition) is 2. The molecule has 0 radical (unpaired) electrons. The third-order valence-corrected chi connectivity index (χ3v) is 2.82. The Bertz CT molecular complexity index is 382. The highest BCUT2D eigenvalue weighted by atomic mass is 19.1. The van der Waals surface area contributed by atoms with Crippen molar-refractivity contribution in [3.05, 3.63) is 35.6 Å². The van der Waals surface area contributed by atoms with Crippen LogP contribution in [0.1, 0.15) is 30.6 Å². The topological polar surface area (TPSA) is 32.3 Å². The third kappa shape index (κ3) is 4.45. The molecule has 0 aliphatic carbocycles. The molecular weight excluding hydrogens is 231 g/mol. The van der Waals surface area contributed by atoms with Crippen LogP contribution < -0.4 is 5.32 Å². The van der Waals surface area contributed by atoms with Gasteiger partial charge in [-0.05, 0) is 31.6 Å². The molecular formula is C14H21FN2O. The zero-order valence-corrected chi connectivity index (χ0v) is 11.1. The van der Waals surface area contributed by atoms with Crippen LogP contribution in [0.25, 0.3) is 0 Å².